The summed E-state index contributed by atoms with van der Waals surface area (Å²) in [5, 5.41) is 0. The van der Waals surface area contributed by atoms with Crippen LogP contribution in [0.25, 0.3) is 0 Å². The van der Waals surface area contributed by atoms with Crippen molar-refractivity contribution in [3.63, 3.8) is 0 Å². The SMILES string of the molecule is CCCCC(C=CC(C)CC)CCC. The molecule has 14 heavy (non-hydrogen) atoms. The molecule has 0 heterocycles. The molecular weight excluding hydrogens is 168 g/mol. The molecule has 0 heteroatoms. The second-order valence-corrected chi connectivity index (χ2v) is 4.46. The second-order valence-electron chi connectivity index (χ2n) is 4.46. The summed E-state index contributed by atoms with van der Waals surface area (Å²) in [6, 6.07) is 0. The molecule has 0 aliphatic carbocycles. The Morgan fingerprint density at radius 2 is 1.64 bits per heavy atom. The lowest BCUT2D eigenvalue weighted by Crippen LogP contribution is -1.97. The number of unbranched alkanes of at least 4 members (excludes halogenated alkanes) is 1. The normalized spacial score (nSPS) is 16.0. The summed E-state index contributed by atoms with van der Waals surface area (Å²) >= 11 is 0. The molecule has 2 unspecified atom stereocenters. The molecule has 2 atom stereocenters. The molecule has 0 amide bonds. The summed E-state index contributed by atoms with van der Waals surface area (Å²) in [6.07, 6.45) is 12.9. The lowest BCUT2D eigenvalue weighted by atomic mass is 9.95. The number of allylic oxidation sites excluding steroid dienone is 2. The molecule has 0 aromatic heterocycles. The van der Waals surface area contributed by atoms with Gasteiger partial charge in [0, 0.05) is 0 Å². The zero-order chi connectivity index (χ0) is 10.8. The number of rotatable bonds is 8. The van der Waals surface area contributed by atoms with Crippen LogP contribution in [-0.2, 0) is 0 Å². The maximum absolute atomic E-state index is 2.47. The fraction of sp³-hybridized carbons (Fsp3) is 0.857. The van der Waals surface area contributed by atoms with Crippen LogP contribution in [0.2, 0.25) is 0 Å². The molecule has 0 radical (unpaired) electrons. The largest absolute Gasteiger partial charge is 0.0854 e. The van der Waals surface area contributed by atoms with Crippen molar-refractivity contribution >= 4 is 0 Å². The predicted octanol–water partition coefficient (Wildman–Crippen LogP) is 5.20. The van der Waals surface area contributed by atoms with Gasteiger partial charge in [-0.25, -0.2) is 0 Å². The quantitative estimate of drug-likeness (QED) is 0.468. The Bertz CT molecular complexity index is 135. The Kier molecular flexibility index (Phi) is 9.13. The van der Waals surface area contributed by atoms with Crippen molar-refractivity contribution in [2.45, 2.75) is 66.2 Å². The zero-order valence-electron chi connectivity index (χ0n) is 10.6. The van der Waals surface area contributed by atoms with Gasteiger partial charge in [-0.3, -0.25) is 0 Å². The van der Waals surface area contributed by atoms with Gasteiger partial charge in [0.1, 0.15) is 0 Å². The van der Waals surface area contributed by atoms with Crippen molar-refractivity contribution in [2.24, 2.45) is 11.8 Å². The fourth-order valence-corrected chi connectivity index (χ4v) is 1.66. The van der Waals surface area contributed by atoms with Gasteiger partial charge in [-0.1, -0.05) is 65.5 Å². The molecule has 0 spiro atoms. The summed E-state index contributed by atoms with van der Waals surface area (Å²) in [5.74, 6) is 1.60. The molecule has 0 nitrogen and oxygen atoms in total. The van der Waals surface area contributed by atoms with Crippen LogP contribution in [-0.4, -0.2) is 0 Å². The van der Waals surface area contributed by atoms with Gasteiger partial charge in [-0.15, -0.1) is 0 Å². The molecule has 0 aromatic rings. The standard InChI is InChI=1S/C14H28/c1-5-8-10-14(9-6-2)12-11-13(4)7-3/h11-14H,5-10H2,1-4H3. The predicted molar refractivity (Wildman–Crippen MR) is 66.5 cm³/mol. The van der Waals surface area contributed by atoms with E-state index in [2.05, 4.69) is 39.8 Å². The molecule has 0 N–H and O–H groups in total. The van der Waals surface area contributed by atoms with Crippen LogP contribution in [0, 0.1) is 11.8 Å². The van der Waals surface area contributed by atoms with Gasteiger partial charge >= 0.3 is 0 Å². The Balaban J connectivity index is 3.87. The third-order valence-corrected chi connectivity index (χ3v) is 2.94. The fourth-order valence-electron chi connectivity index (χ4n) is 1.66. The average Bonchev–Trinajstić information content (AvgIpc) is 2.21. The van der Waals surface area contributed by atoms with Gasteiger partial charge in [0.25, 0.3) is 0 Å². The van der Waals surface area contributed by atoms with Crippen LogP contribution >= 0.6 is 0 Å². The van der Waals surface area contributed by atoms with Gasteiger partial charge < -0.3 is 0 Å². The molecule has 0 rings (SSSR count). The summed E-state index contributed by atoms with van der Waals surface area (Å²) in [5.41, 5.74) is 0. The van der Waals surface area contributed by atoms with E-state index in [-0.39, 0.29) is 0 Å². The van der Waals surface area contributed by atoms with E-state index in [4.69, 9.17) is 0 Å². The minimum Gasteiger partial charge on any atom is -0.0854 e. The molecule has 0 saturated heterocycles. The van der Waals surface area contributed by atoms with E-state index >= 15 is 0 Å². The zero-order valence-corrected chi connectivity index (χ0v) is 10.6. The van der Waals surface area contributed by atoms with Crippen LogP contribution in [0.15, 0.2) is 12.2 Å². The Morgan fingerprint density at radius 1 is 0.929 bits per heavy atom. The summed E-state index contributed by atoms with van der Waals surface area (Å²) < 4.78 is 0. The van der Waals surface area contributed by atoms with E-state index in [9.17, 15) is 0 Å². The molecule has 0 aliphatic heterocycles. The third-order valence-electron chi connectivity index (χ3n) is 2.94. The monoisotopic (exact) mass is 196 g/mol. The molecule has 0 saturated carbocycles. The highest BCUT2D eigenvalue weighted by atomic mass is 14.1. The lowest BCUT2D eigenvalue weighted by molar-refractivity contribution is 0.508. The Labute approximate surface area is 90.8 Å². The van der Waals surface area contributed by atoms with E-state index in [0.29, 0.717) is 0 Å². The summed E-state index contributed by atoms with van der Waals surface area (Å²) in [7, 11) is 0. The summed E-state index contributed by atoms with van der Waals surface area (Å²) in [6.45, 7) is 9.13. The van der Waals surface area contributed by atoms with E-state index < -0.39 is 0 Å². The topological polar surface area (TPSA) is 0 Å². The van der Waals surface area contributed by atoms with Crippen LogP contribution in [0.5, 0.6) is 0 Å². The van der Waals surface area contributed by atoms with Gasteiger partial charge in [0.2, 0.25) is 0 Å². The van der Waals surface area contributed by atoms with Crippen molar-refractivity contribution in [1.82, 2.24) is 0 Å². The molecular formula is C14H28. The highest BCUT2D eigenvalue weighted by Gasteiger charge is 2.03. The number of hydrogen-bond acceptors (Lipinski definition) is 0. The molecule has 84 valence electrons. The second kappa shape index (κ2) is 9.30. The van der Waals surface area contributed by atoms with Gasteiger partial charge in [-0.05, 0) is 24.7 Å². The maximum Gasteiger partial charge on any atom is -0.0234 e. The minimum atomic E-state index is 0.760. The van der Waals surface area contributed by atoms with Crippen LogP contribution < -0.4 is 0 Å². The highest BCUT2D eigenvalue weighted by Crippen LogP contribution is 2.17. The first-order valence-corrected chi connectivity index (χ1v) is 6.42. The van der Waals surface area contributed by atoms with Gasteiger partial charge in [0.15, 0.2) is 0 Å². The van der Waals surface area contributed by atoms with Crippen molar-refractivity contribution < 1.29 is 0 Å². The van der Waals surface area contributed by atoms with Gasteiger partial charge in [0.05, 0.1) is 0 Å². The average molecular weight is 196 g/mol. The lowest BCUT2D eigenvalue weighted by Gasteiger charge is -2.11. The minimum absolute atomic E-state index is 0.760. The molecule has 0 bridgehead atoms. The van der Waals surface area contributed by atoms with Crippen molar-refractivity contribution in [3.8, 4) is 0 Å². The summed E-state index contributed by atoms with van der Waals surface area (Å²) in [4.78, 5) is 0. The van der Waals surface area contributed by atoms with Crippen molar-refractivity contribution in [2.75, 3.05) is 0 Å². The van der Waals surface area contributed by atoms with Gasteiger partial charge in [-0.2, -0.15) is 0 Å². The first-order chi connectivity index (χ1) is 6.74. The maximum atomic E-state index is 2.47. The Morgan fingerprint density at radius 3 is 2.14 bits per heavy atom. The molecule has 0 aliphatic rings. The van der Waals surface area contributed by atoms with Crippen molar-refractivity contribution in [3.05, 3.63) is 12.2 Å². The highest BCUT2D eigenvalue weighted by molar-refractivity contribution is 4.91. The Hall–Kier alpha value is -0.260. The van der Waals surface area contributed by atoms with E-state index in [1.54, 1.807) is 0 Å². The van der Waals surface area contributed by atoms with Crippen LogP contribution in [0.4, 0.5) is 0 Å². The first kappa shape index (κ1) is 13.7. The van der Waals surface area contributed by atoms with E-state index in [1.807, 2.05) is 0 Å². The first-order valence-electron chi connectivity index (χ1n) is 6.42. The molecule has 0 aromatic carbocycles. The van der Waals surface area contributed by atoms with Crippen LogP contribution in [0.3, 0.4) is 0 Å². The molecule has 0 fully saturated rings. The van der Waals surface area contributed by atoms with Crippen LogP contribution in [0.1, 0.15) is 66.2 Å². The van der Waals surface area contributed by atoms with Crippen molar-refractivity contribution in [1.29, 1.82) is 0 Å². The third kappa shape index (κ3) is 7.17. The number of hydrogen-bond donors (Lipinski definition) is 0. The van der Waals surface area contributed by atoms with E-state index in [1.165, 1.54) is 38.5 Å². The smallest absolute Gasteiger partial charge is 0.0234 e. The van der Waals surface area contributed by atoms with E-state index in [0.717, 1.165) is 11.8 Å².